The van der Waals surface area contributed by atoms with Gasteiger partial charge in [0.05, 0.1) is 0 Å². The summed E-state index contributed by atoms with van der Waals surface area (Å²) >= 11 is 9.24. The number of carbonyl (C=O) groups excluding carboxylic acids is 3. The van der Waals surface area contributed by atoms with Gasteiger partial charge in [0.1, 0.15) is 29.4 Å². The topological polar surface area (TPSA) is 191 Å². The van der Waals surface area contributed by atoms with Crippen LogP contribution in [0.4, 0.5) is 5.13 Å². The molecule has 36 heavy (non-hydrogen) atoms. The zero-order valence-electron chi connectivity index (χ0n) is 18.4. The third-order valence-electron chi connectivity index (χ3n) is 4.96. The Morgan fingerprint density at radius 1 is 1.50 bits per heavy atom. The average molecular weight is 572 g/mol. The quantitative estimate of drug-likeness (QED) is 0.0924. The number of rotatable bonds is 9. The number of nitrogens with two attached hydrogens (primary N) is 1. The van der Waals surface area contributed by atoms with Crippen LogP contribution in [0.1, 0.15) is 5.69 Å². The first-order valence-electron chi connectivity index (χ1n) is 10.0. The monoisotopic (exact) mass is 571 g/mol. The van der Waals surface area contributed by atoms with Gasteiger partial charge in [0.15, 0.2) is 10.8 Å². The first kappa shape index (κ1) is 25.9. The molecule has 2 amide bonds. The van der Waals surface area contributed by atoms with Gasteiger partial charge in [0, 0.05) is 29.5 Å². The maximum atomic E-state index is 13.1. The van der Waals surface area contributed by atoms with E-state index < -0.39 is 29.2 Å². The third-order valence-corrected chi connectivity index (χ3v) is 8.25. The Morgan fingerprint density at radius 2 is 2.31 bits per heavy atom. The van der Waals surface area contributed by atoms with Crippen molar-refractivity contribution in [3.63, 3.8) is 0 Å². The van der Waals surface area contributed by atoms with Crippen molar-refractivity contribution in [1.82, 2.24) is 35.4 Å². The molecular weight excluding hydrogens is 554 g/mol. The van der Waals surface area contributed by atoms with E-state index in [1.54, 1.807) is 7.05 Å². The first-order chi connectivity index (χ1) is 17.3. The number of carbonyl (C=O) groups is 3. The molecule has 0 spiro atoms. The minimum atomic E-state index is -0.960. The van der Waals surface area contributed by atoms with Gasteiger partial charge in [-0.05, 0) is 22.1 Å². The predicted octanol–water partition coefficient (Wildman–Crippen LogP) is 0.169. The number of aromatic nitrogens is 5. The lowest BCUT2D eigenvalue weighted by Gasteiger charge is -2.49. The van der Waals surface area contributed by atoms with Gasteiger partial charge < -0.3 is 21.0 Å². The molecule has 4 N–H and O–H groups in total. The number of fused-ring (bicyclic) bond motifs is 1. The molecule has 0 radical (unpaired) electrons. The Bertz CT molecular complexity index is 1280. The van der Waals surface area contributed by atoms with E-state index in [9.17, 15) is 19.6 Å². The molecule has 4 heterocycles. The van der Waals surface area contributed by atoms with Crippen LogP contribution in [0.3, 0.4) is 0 Å². The Hall–Kier alpha value is -3.15. The Balaban J connectivity index is 1.52. The molecule has 2 aromatic rings. The average Bonchev–Trinajstić information content (AvgIpc) is 3.48. The number of halogens is 1. The molecule has 0 aliphatic carbocycles. The summed E-state index contributed by atoms with van der Waals surface area (Å²) in [5.74, 6) is -1.30. The minimum absolute atomic E-state index is 0.0755. The zero-order chi connectivity index (χ0) is 25.8. The van der Waals surface area contributed by atoms with Crippen LogP contribution in [0, 0.1) is 0 Å². The van der Waals surface area contributed by atoms with Crippen molar-refractivity contribution < 1.29 is 24.3 Å². The summed E-state index contributed by atoms with van der Waals surface area (Å²) < 4.78 is 6.75. The standard InChI is InChI=1S/C18H18ClN9O5S3/c1-27-18(23-25-26-27)36-6-8-5-34-15-11(14(30)28(15)12(8)16(31)33-4-2-3-19)22-13(29)10(24-32)9-7-35-17(20)21-9/h2-3,7,11,15,32H,4-6H2,1H3,(H2,20,21)(H,22,29)/t11?,15-/m0/s1. The van der Waals surface area contributed by atoms with E-state index >= 15 is 0 Å². The highest BCUT2D eigenvalue weighted by molar-refractivity contribution is 8.01. The second-order valence-corrected chi connectivity index (χ2v) is 10.4. The number of hydrogen-bond donors (Lipinski definition) is 3. The highest BCUT2D eigenvalue weighted by Gasteiger charge is 2.54. The number of nitrogens with one attached hydrogen (secondary N) is 1. The van der Waals surface area contributed by atoms with Crippen molar-refractivity contribution in [2.75, 3.05) is 23.8 Å². The SMILES string of the molecule is Cn1nnnc1SCC1=C(C(=O)OCC=CCl)N2C(=O)C(NC(=O)C(=NO)c3csc(N)n3)[C@@H]2SC1. The van der Waals surface area contributed by atoms with Crippen LogP contribution in [0.15, 0.2) is 38.6 Å². The number of hydrogen-bond acceptors (Lipinski definition) is 14. The van der Waals surface area contributed by atoms with Crippen LogP contribution in [0.5, 0.6) is 0 Å². The summed E-state index contributed by atoms with van der Waals surface area (Å²) in [7, 11) is 1.69. The largest absolute Gasteiger partial charge is 0.457 e. The van der Waals surface area contributed by atoms with Gasteiger partial charge in [-0.2, -0.15) is 0 Å². The summed E-state index contributed by atoms with van der Waals surface area (Å²) in [6.07, 6.45) is 1.44. The highest BCUT2D eigenvalue weighted by atomic mass is 35.5. The molecule has 18 heteroatoms. The lowest BCUT2D eigenvalue weighted by molar-refractivity contribution is -0.152. The number of anilines is 1. The van der Waals surface area contributed by atoms with Crippen molar-refractivity contribution in [3.8, 4) is 0 Å². The van der Waals surface area contributed by atoms with Crippen LogP contribution in [-0.2, 0) is 26.2 Å². The van der Waals surface area contributed by atoms with Crippen LogP contribution in [0.2, 0.25) is 0 Å². The van der Waals surface area contributed by atoms with Gasteiger partial charge in [-0.1, -0.05) is 28.5 Å². The molecule has 2 aromatic heterocycles. The van der Waals surface area contributed by atoms with Crippen molar-refractivity contribution in [1.29, 1.82) is 0 Å². The second kappa shape index (κ2) is 11.3. The first-order valence-corrected chi connectivity index (χ1v) is 13.4. The number of thioether (sulfide) groups is 2. The van der Waals surface area contributed by atoms with E-state index in [0.29, 0.717) is 22.2 Å². The van der Waals surface area contributed by atoms with Crippen LogP contribution in [0.25, 0.3) is 0 Å². The number of esters is 1. The fourth-order valence-corrected chi connectivity index (χ4v) is 6.28. The van der Waals surface area contributed by atoms with Crippen LogP contribution < -0.4 is 11.1 Å². The molecule has 2 atom stereocenters. The van der Waals surface area contributed by atoms with Gasteiger partial charge >= 0.3 is 5.97 Å². The number of thiazole rings is 1. The molecule has 1 saturated heterocycles. The summed E-state index contributed by atoms with van der Waals surface area (Å²) in [5.41, 5.74) is 7.25. The fraction of sp³-hybridized carbons (Fsp3) is 0.333. The number of nitrogen functional groups attached to an aromatic ring is 1. The van der Waals surface area contributed by atoms with Crippen LogP contribution in [-0.4, -0.2) is 88.3 Å². The lowest BCUT2D eigenvalue weighted by atomic mass is 10.0. The van der Waals surface area contributed by atoms with Crippen molar-refractivity contribution in [3.05, 3.63) is 34.0 Å². The third kappa shape index (κ3) is 5.18. The molecule has 190 valence electrons. The molecule has 2 aliphatic heterocycles. The summed E-state index contributed by atoms with van der Waals surface area (Å²) in [5, 5.41) is 27.8. The minimum Gasteiger partial charge on any atom is -0.457 e. The van der Waals surface area contributed by atoms with Gasteiger partial charge in [0.2, 0.25) is 5.16 Å². The van der Waals surface area contributed by atoms with E-state index in [1.807, 2.05) is 0 Å². The van der Waals surface area contributed by atoms with E-state index in [4.69, 9.17) is 22.1 Å². The summed E-state index contributed by atoms with van der Waals surface area (Å²) in [6.45, 7) is -0.0768. The number of aryl methyl sites for hydroxylation is 1. The fourth-order valence-electron chi connectivity index (χ4n) is 3.33. The maximum Gasteiger partial charge on any atom is 0.355 e. The summed E-state index contributed by atoms with van der Waals surface area (Å²) in [6, 6.07) is -0.960. The molecule has 14 nitrogen and oxygen atoms in total. The number of oxime groups is 1. The van der Waals surface area contributed by atoms with E-state index in [-0.39, 0.29) is 28.8 Å². The second-order valence-electron chi connectivity index (χ2n) is 7.17. The molecule has 0 aromatic carbocycles. The Morgan fingerprint density at radius 3 is 2.94 bits per heavy atom. The molecular formula is C18H18ClN9O5S3. The zero-order valence-corrected chi connectivity index (χ0v) is 21.6. The Kier molecular flexibility index (Phi) is 8.12. The maximum absolute atomic E-state index is 13.1. The summed E-state index contributed by atoms with van der Waals surface area (Å²) in [4.78, 5) is 44.0. The predicted molar refractivity (Wildman–Crippen MR) is 132 cm³/mol. The van der Waals surface area contributed by atoms with E-state index in [0.717, 1.165) is 11.3 Å². The molecule has 0 bridgehead atoms. The van der Waals surface area contributed by atoms with Gasteiger partial charge in [-0.25, -0.2) is 14.5 Å². The highest BCUT2D eigenvalue weighted by Crippen LogP contribution is 2.41. The van der Waals surface area contributed by atoms with E-state index in [1.165, 1.54) is 50.1 Å². The number of ether oxygens (including phenoxy) is 1. The lowest BCUT2D eigenvalue weighted by Crippen LogP contribution is -2.71. The number of amides is 2. The number of β-lactam (4-membered cyclic amide) rings is 1. The Labute approximate surface area is 220 Å². The molecule has 2 aliphatic rings. The normalized spacial score (nSPS) is 19.9. The molecule has 4 rings (SSSR count). The molecule has 1 unspecified atom stereocenters. The van der Waals surface area contributed by atoms with Gasteiger partial charge in [-0.15, -0.1) is 28.2 Å². The molecule has 0 saturated carbocycles. The van der Waals surface area contributed by atoms with Crippen LogP contribution >= 0.6 is 46.5 Å². The number of nitrogens with zero attached hydrogens (tertiary/aromatic N) is 7. The van der Waals surface area contributed by atoms with Crippen molar-refractivity contribution in [2.24, 2.45) is 12.2 Å². The van der Waals surface area contributed by atoms with Crippen molar-refractivity contribution in [2.45, 2.75) is 16.6 Å². The number of tetrazole rings is 1. The van der Waals surface area contributed by atoms with Crippen molar-refractivity contribution >= 4 is 75.1 Å². The van der Waals surface area contributed by atoms with E-state index in [2.05, 4.69) is 31.0 Å². The smallest absolute Gasteiger partial charge is 0.355 e. The molecule has 1 fully saturated rings. The van der Waals surface area contributed by atoms with Gasteiger partial charge in [-0.3, -0.25) is 14.5 Å². The van der Waals surface area contributed by atoms with Gasteiger partial charge in [0.25, 0.3) is 11.8 Å².